The molecule has 1 aromatic carbocycles. The smallest absolute Gasteiger partial charge is 0.268 e. The number of hydrogen-bond donors (Lipinski definition) is 3. The number of methoxy groups -OCH3 is 1. The maximum Gasteiger partial charge on any atom is 0.268 e. The second kappa shape index (κ2) is 6.83. The van der Waals surface area contributed by atoms with Gasteiger partial charge in [0.25, 0.3) is 5.91 Å². The third-order valence-electron chi connectivity index (χ3n) is 4.83. The number of fused-ring (bicyclic) bond motifs is 1. The van der Waals surface area contributed by atoms with Gasteiger partial charge in [0, 0.05) is 25.0 Å². The van der Waals surface area contributed by atoms with Crippen LogP contribution >= 0.6 is 0 Å². The molecule has 130 valence electrons. The fourth-order valence-electron chi connectivity index (χ4n) is 3.28. The summed E-state index contributed by atoms with van der Waals surface area (Å²) < 4.78 is 7.10. The first-order chi connectivity index (χ1) is 11.5. The van der Waals surface area contributed by atoms with Gasteiger partial charge in [-0.1, -0.05) is 0 Å². The molecule has 1 aromatic heterocycles. The molecule has 1 saturated heterocycles. The Bertz CT molecular complexity index is 730. The maximum absolute atomic E-state index is 12.6. The van der Waals surface area contributed by atoms with Crippen molar-refractivity contribution in [3.8, 4) is 5.75 Å². The summed E-state index contributed by atoms with van der Waals surface area (Å²) in [7, 11) is 3.49. The van der Waals surface area contributed by atoms with Gasteiger partial charge in [0.2, 0.25) is 0 Å². The number of rotatable bonds is 4. The highest BCUT2D eigenvalue weighted by atomic mass is 16.5. The minimum Gasteiger partial charge on any atom is -0.497 e. The summed E-state index contributed by atoms with van der Waals surface area (Å²) in [6.45, 7) is 1.97. The zero-order valence-electron chi connectivity index (χ0n) is 14.3. The fourth-order valence-corrected chi connectivity index (χ4v) is 3.28. The fraction of sp³-hybridized carbons (Fsp3) is 0.500. The number of nitrogens with one attached hydrogen (secondary N) is 2. The van der Waals surface area contributed by atoms with E-state index in [-0.39, 0.29) is 12.5 Å². The zero-order valence-corrected chi connectivity index (χ0v) is 14.3. The molecule has 1 aliphatic rings. The largest absolute Gasteiger partial charge is 0.497 e. The average molecular weight is 331 g/mol. The van der Waals surface area contributed by atoms with Gasteiger partial charge in [-0.3, -0.25) is 4.79 Å². The van der Waals surface area contributed by atoms with E-state index in [2.05, 4.69) is 10.6 Å². The molecule has 1 atom stereocenters. The number of carbonyl (C=O) groups excluding carboxylic acids is 1. The third-order valence-corrected chi connectivity index (χ3v) is 4.83. The summed E-state index contributed by atoms with van der Waals surface area (Å²) in [5.74, 6) is 0.592. The van der Waals surface area contributed by atoms with E-state index in [1.807, 2.05) is 35.9 Å². The monoisotopic (exact) mass is 331 g/mol. The van der Waals surface area contributed by atoms with Crippen molar-refractivity contribution in [1.82, 2.24) is 15.2 Å². The normalized spacial score (nSPS) is 21.5. The molecule has 0 saturated carbocycles. The van der Waals surface area contributed by atoms with Crippen molar-refractivity contribution >= 4 is 16.8 Å². The first kappa shape index (κ1) is 16.8. The van der Waals surface area contributed by atoms with Crippen molar-refractivity contribution in [3.05, 3.63) is 30.0 Å². The van der Waals surface area contributed by atoms with Gasteiger partial charge in [-0.05, 0) is 50.6 Å². The van der Waals surface area contributed by atoms with Gasteiger partial charge in [0.15, 0.2) is 0 Å². The third kappa shape index (κ3) is 3.39. The van der Waals surface area contributed by atoms with Gasteiger partial charge in [0.1, 0.15) is 11.4 Å². The summed E-state index contributed by atoms with van der Waals surface area (Å²) in [6.07, 6.45) is 2.27. The van der Waals surface area contributed by atoms with Crippen LogP contribution in [0.2, 0.25) is 0 Å². The number of aliphatic hydroxyl groups is 1. The Morgan fingerprint density at radius 3 is 3.00 bits per heavy atom. The molecule has 3 rings (SSSR count). The van der Waals surface area contributed by atoms with Crippen LogP contribution in [0.4, 0.5) is 0 Å². The van der Waals surface area contributed by atoms with E-state index in [0.29, 0.717) is 18.5 Å². The molecular formula is C18H25N3O3. The first-order valence-electron chi connectivity index (χ1n) is 8.37. The van der Waals surface area contributed by atoms with Gasteiger partial charge < -0.3 is 25.0 Å². The molecule has 1 amide bonds. The number of ether oxygens (including phenoxy) is 1. The summed E-state index contributed by atoms with van der Waals surface area (Å²) in [6, 6.07) is 7.60. The predicted octanol–water partition coefficient (Wildman–Crippen LogP) is 1.42. The quantitative estimate of drug-likeness (QED) is 0.792. The topological polar surface area (TPSA) is 75.5 Å². The molecule has 6 nitrogen and oxygen atoms in total. The van der Waals surface area contributed by atoms with Crippen molar-refractivity contribution in [2.45, 2.75) is 24.9 Å². The van der Waals surface area contributed by atoms with Gasteiger partial charge in [-0.25, -0.2) is 0 Å². The highest BCUT2D eigenvalue weighted by molar-refractivity contribution is 5.99. The summed E-state index contributed by atoms with van der Waals surface area (Å²) in [5, 5.41) is 17.8. The Balaban J connectivity index is 1.75. The molecule has 24 heavy (non-hydrogen) atoms. The van der Waals surface area contributed by atoms with Gasteiger partial charge in [0.05, 0.1) is 18.2 Å². The van der Waals surface area contributed by atoms with Crippen LogP contribution in [0.5, 0.6) is 5.75 Å². The summed E-state index contributed by atoms with van der Waals surface area (Å²) in [4.78, 5) is 12.6. The summed E-state index contributed by atoms with van der Waals surface area (Å²) in [5.41, 5.74) is 0.693. The number of aromatic nitrogens is 1. The van der Waals surface area contributed by atoms with Crippen molar-refractivity contribution in [1.29, 1.82) is 0 Å². The first-order valence-corrected chi connectivity index (χ1v) is 8.37. The standard InChI is InChI=1S/C18H25N3O3/c1-21-15-11-14(24-2)5-4-13(15)10-16(21)17(22)20-12-18(23)6-3-8-19-9-7-18/h4-5,10-11,19,23H,3,6-9,12H2,1-2H3,(H,20,22)/t18-/m1/s1. The van der Waals surface area contributed by atoms with E-state index < -0.39 is 5.60 Å². The molecular weight excluding hydrogens is 306 g/mol. The van der Waals surface area contributed by atoms with Crippen LogP contribution in [0.1, 0.15) is 29.8 Å². The van der Waals surface area contributed by atoms with Crippen molar-refractivity contribution < 1.29 is 14.6 Å². The SMILES string of the molecule is COc1ccc2cc(C(=O)NC[C@@]3(O)CCCNCC3)n(C)c2c1. The van der Waals surface area contributed by atoms with Gasteiger partial charge in [-0.15, -0.1) is 0 Å². The van der Waals surface area contributed by atoms with E-state index in [0.717, 1.165) is 36.2 Å². The van der Waals surface area contributed by atoms with Gasteiger partial charge >= 0.3 is 0 Å². The summed E-state index contributed by atoms with van der Waals surface area (Å²) >= 11 is 0. The lowest BCUT2D eigenvalue weighted by atomic mass is 9.95. The van der Waals surface area contributed by atoms with Crippen LogP contribution in [0, 0.1) is 0 Å². The Morgan fingerprint density at radius 1 is 1.38 bits per heavy atom. The molecule has 6 heteroatoms. The maximum atomic E-state index is 12.6. The second-order valence-electron chi connectivity index (χ2n) is 6.52. The number of amides is 1. The number of carbonyl (C=O) groups is 1. The van der Waals surface area contributed by atoms with Crippen molar-refractivity contribution in [2.24, 2.45) is 7.05 Å². The lowest BCUT2D eigenvalue weighted by Crippen LogP contribution is -2.43. The molecule has 1 aliphatic heterocycles. The molecule has 2 heterocycles. The number of nitrogens with zero attached hydrogens (tertiary/aromatic N) is 1. The molecule has 0 aliphatic carbocycles. The van der Waals surface area contributed by atoms with Crippen LogP contribution < -0.4 is 15.4 Å². The average Bonchev–Trinajstić information content (AvgIpc) is 2.77. The second-order valence-corrected chi connectivity index (χ2v) is 6.52. The zero-order chi connectivity index (χ0) is 17.2. The minimum atomic E-state index is -0.826. The molecule has 2 aromatic rings. The Morgan fingerprint density at radius 2 is 2.21 bits per heavy atom. The lowest BCUT2D eigenvalue weighted by molar-refractivity contribution is 0.0274. The van der Waals surface area contributed by atoms with Crippen LogP contribution in [-0.4, -0.2) is 47.9 Å². The number of benzene rings is 1. The molecule has 0 unspecified atom stereocenters. The highest BCUT2D eigenvalue weighted by Gasteiger charge is 2.28. The Labute approximate surface area is 141 Å². The van der Waals surface area contributed by atoms with E-state index in [4.69, 9.17) is 4.74 Å². The molecule has 0 spiro atoms. The molecule has 0 radical (unpaired) electrons. The van der Waals surface area contributed by atoms with Crippen LogP contribution in [-0.2, 0) is 7.05 Å². The van der Waals surface area contributed by atoms with Crippen molar-refractivity contribution in [3.63, 3.8) is 0 Å². The molecule has 1 fully saturated rings. The Kier molecular flexibility index (Phi) is 4.78. The van der Waals surface area contributed by atoms with Crippen LogP contribution in [0.25, 0.3) is 10.9 Å². The van der Waals surface area contributed by atoms with Crippen LogP contribution in [0.15, 0.2) is 24.3 Å². The number of aryl methyl sites for hydroxylation is 1. The van der Waals surface area contributed by atoms with Gasteiger partial charge in [-0.2, -0.15) is 0 Å². The molecule has 0 bridgehead atoms. The molecule has 3 N–H and O–H groups in total. The van der Waals surface area contributed by atoms with E-state index in [1.54, 1.807) is 7.11 Å². The van der Waals surface area contributed by atoms with E-state index >= 15 is 0 Å². The van der Waals surface area contributed by atoms with Crippen LogP contribution in [0.3, 0.4) is 0 Å². The van der Waals surface area contributed by atoms with E-state index in [9.17, 15) is 9.90 Å². The Hall–Kier alpha value is -2.05. The lowest BCUT2D eigenvalue weighted by Gasteiger charge is -2.26. The minimum absolute atomic E-state index is 0.168. The number of hydrogen-bond acceptors (Lipinski definition) is 4. The highest BCUT2D eigenvalue weighted by Crippen LogP contribution is 2.24. The predicted molar refractivity (Wildman–Crippen MR) is 93.5 cm³/mol. The van der Waals surface area contributed by atoms with Crippen molar-refractivity contribution in [2.75, 3.05) is 26.7 Å². The van der Waals surface area contributed by atoms with E-state index in [1.165, 1.54) is 0 Å².